The van der Waals surface area contributed by atoms with Crippen molar-refractivity contribution in [3.05, 3.63) is 55.6 Å². The highest BCUT2D eigenvalue weighted by Gasteiger charge is 2.17. The van der Waals surface area contributed by atoms with Gasteiger partial charge in [-0.25, -0.2) is 8.78 Å². The molecule has 7 heteroatoms. The maximum absolute atomic E-state index is 13.6. The van der Waals surface area contributed by atoms with Gasteiger partial charge < -0.3 is 11.1 Å². The molecule has 0 fully saturated rings. The minimum atomic E-state index is -1.18. The van der Waals surface area contributed by atoms with E-state index in [0.29, 0.717) is 10.0 Å². The Kier molecular flexibility index (Phi) is 4.59. The van der Waals surface area contributed by atoms with E-state index in [1.165, 1.54) is 6.07 Å². The summed E-state index contributed by atoms with van der Waals surface area (Å²) < 4.78 is 28.2. The molecule has 0 saturated carbocycles. The Morgan fingerprint density at radius 3 is 2.65 bits per heavy atom. The molecule has 0 unspecified atom stereocenters. The second kappa shape index (κ2) is 6.04. The van der Waals surface area contributed by atoms with Crippen LogP contribution in [0.1, 0.15) is 10.4 Å². The lowest BCUT2D eigenvalue weighted by molar-refractivity contribution is 0.102. The van der Waals surface area contributed by atoms with Gasteiger partial charge in [0.05, 0.1) is 11.3 Å². The SMILES string of the molecule is Nc1ccc(F)c(F)c1NC(=O)c1cc(I)ccc1Br. The number of anilines is 2. The molecule has 0 saturated heterocycles. The Balaban J connectivity index is 2.38. The molecule has 0 aliphatic carbocycles. The number of benzene rings is 2. The van der Waals surface area contributed by atoms with Crippen LogP contribution in [0, 0.1) is 15.2 Å². The van der Waals surface area contributed by atoms with E-state index in [-0.39, 0.29) is 11.4 Å². The van der Waals surface area contributed by atoms with E-state index in [0.717, 1.165) is 9.64 Å². The topological polar surface area (TPSA) is 55.1 Å². The molecule has 104 valence electrons. The fraction of sp³-hybridized carbons (Fsp3) is 0. The van der Waals surface area contributed by atoms with Gasteiger partial charge in [-0.15, -0.1) is 0 Å². The van der Waals surface area contributed by atoms with Crippen LogP contribution in [-0.4, -0.2) is 5.91 Å². The van der Waals surface area contributed by atoms with Crippen molar-refractivity contribution >= 4 is 55.8 Å². The van der Waals surface area contributed by atoms with E-state index in [9.17, 15) is 13.6 Å². The van der Waals surface area contributed by atoms with Crippen LogP contribution < -0.4 is 11.1 Å². The molecule has 0 atom stereocenters. The molecule has 0 spiro atoms. The van der Waals surface area contributed by atoms with Crippen molar-refractivity contribution in [2.75, 3.05) is 11.1 Å². The fourth-order valence-corrected chi connectivity index (χ4v) is 2.46. The first-order chi connectivity index (χ1) is 9.40. The van der Waals surface area contributed by atoms with Crippen LogP contribution in [0.2, 0.25) is 0 Å². The van der Waals surface area contributed by atoms with Crippen LogP contribution in [0.5, 0.6) is 0 Å². The van der Waals surface area contributed by atoms with Crippen molar-refractivity contribution in [3.63, 3.8) is 0 Å². The van der Waals surface area contributed by atoms with Crippen LogP contribution in [0.4, 0.5) is 20.2 Å². The summed E-state index contributed by atoms with van der Waals surface area (Å²) in [5, 5.41) is 2.29. The first-order valence-corrected chi connectivity index (χ1v) is 7.27. The molecule has 0 heterocycles. The van der Waals surface area contributed by atoms with E-state index in [1.807, 2.05) is 22.6 Å². The number of rotatable bonds is 2. The molecule has 20 heavy (non-hydrogen) atoms. The molecule has 2 aromatic carbocycles. The van der Waals surface area contributed by atoms with E-state index in [4.69, 9.17) is 5.73 Å². The Morgan fingerprint density at radius 2 is 1.95 bits per heavy atom. The maximum atomic E-state index is 13.6. The van der Waals surface area contributed by atoms with Gasteiger partial charge >= 0.3 is 0 Å². The lowest BCUT2D eigenvalue weighted by Crippen LogP contribution is -2.16. The average Bonchev–Trinajstić information content (AvgIpc) is 2.41. The average molecular weight is 453 g/mol. The fourth-order valence-electron chi connectivity index (χ4n) is 1.54. The Morgan fingerprint density at radius 1 is 1.25 bits per heavy atom. The van der Waals surface area contributed by atoms with Crippen molar-refractivity contribution in [3.8, 4) is 0 Å². The number of carbonyl (C=O) groups is 1. The highest BCUT2D eigenvalue weighted by molar-refractivity contribution is 14.1. The van der Waals surface area contributed by atoms with Crippen LogP contribution >= 0.6 is 38.5 Å². The molecule has 0 radical (unpaired) electrons. The molecule has 3 N–H and O–H groups in total. The lowest BCUT2D eigenvalue weighted by atomic mass is 10.2. The normalized spacial score (nSPS) is 10.4. The lowest BCUT2D eigenvalue weighted by Gasteiger charge is -2.11. The molecular weight excluding hydrogens is 445 g/mol. The smallest absolute Gasteiger partial charge is 0.256 e. The van der Waals surface area contributed by atoms with Gasteiger partial charge in [0, 0.05) is 8.04 Å². The largest absolute Gasteiger partial charge is 0.397 e. The van der Waals surface area contributed by atoms with E-state index >= 15 is 0 Å². The number of nitrogens with two attached hydrogens (primary N) is 1. The standard InChI is InChI=1S/C13H8BrF2IN2O/c14-8-2-1-6(17)5-7(8)13(20)19-12-10(18)4-3-9(15)11(12)16/h1-5H,18H2,(H,19,20). The molecule has 2 rings (SSSR count). The number of amides is 1. The number of nitrogen functional groups attached to an aromatic ring is 1. The van der Waals surface area contributed by atoms with Crippen molar-refractivity contribution in [2.45, 2.75) is 0 Å². The highest BCUT2D eigenvalue weighted by atomic mass is 127. The minimum Gasteiger partial charge on any atom is -0.397 e. The summed E-state index contributed by atoms with van der Waals surface area (Å²) in [6.07, 6.45) is 0. The van der Waals surface area contributed by atoms with E-state index in [1.54, 1.807) is 18.2 Å². The third kappa shape index (κ3) is 3.09. The third-order valence-electron chi connectivity index (χ3n) is 2.54. The maximum Gasteiger partial charge on any atom is 0.256 e. The van der Waals surface area contributed by atoms with E-state index in [2.05, 4.69) is 21.2 Å². The molecule has 3 nitrogen and oxygen atoms in total. The number of hydrogen-bond acceptors (Lipinski definition) is 2. The monoisotopic (exact) mass is 452 g/mol. The van der Waals surface area contributed by atoms with Crippen molar-refractivity contribution < 1.29 is 13.6 Å². The van der Waals surface area contributed by atoms with Gasteiger partial charge in [-0.1, -0.05) is 0 Å². The van der Waals surface area contributed by atoms with Crippen molar-refractivity contribution in [1.29, 1.82) is 0 Å². The van der Waals surface area contributed by atoms with Gasteiger partial charge in [-0.3, -0.25) is 4.79 Å². The molecule has 0 aliphatic heterocycles. The summed E-state index contributed by atoms with van der Waals surface area (Å²) in [5.74, 6) is -2.83. The first-order valence-electron chi connectivity index (χ1n) is 5.40. The highest BCUT2D eigenvalue weighted by Crippen LogP contribution is 2.26. The van der Waals surface area contributed by atoms with Crippen LogP contribution in [0.15, 0.2) is 34.8 Å². The summed E-state index contributed by atoms with van der Waals surface area (Å²) in [7, 11) is 0. The van der Waals surface area contributed by atoms with Crippen LogP contribution in [-0.2, 0) is 0 Å². The summed E-state index contributed by atoms with van der Waals surface area (Å²) >= 11 is 5.28. The molecule has 0 bridgehead atoms. The van der Waals surface area contributed by atoms with Crippen LogP contribution in [0.3, 0.4) is 0 Å². The summed E-state index contributed by atoms with van der Waals surface area (Å²) in [6, 6.07) is 7.22. The Labute approximate surface area is 135 Å². The van der Waals surface area contributed by atoms with Gasteiger partial charge in [-0.05, 0) is 68.9 Å². The summed E-state index contributed by atoms with van der Waals surface area (Å²) in [6.45, 7) is 0. The first kappa shape index (κ1) is 15.2. The summed E-state index contributed by atoms with van der Waals surface area (Å²) in [5.41, 5.74) is 5.45. The van der Waals surface area contributed by atoms with Gasteiger partial charge in [0.2, 0.25) is 0 Å². The van der Waals surface area contributed by atoms with Crippen LogP contribution in [0.25, 0.3) is 0 Å². The second-order valence-electron chi connectivity index (χ2n) is 3.90. The minimum absolute atomic E-state index is 0.0426. The zero-order valence-electron chi connectivity index (χ0n) is 9.88. The third-order valence-corrected chi connectivity index (χ3v) is 3.90. The number of hydrogen-bond donors (Lipinski definition) is 2. The van der Waals surface area contributed by atoms with Gasteiger partial charge in [0.1, 0.15) is 5.69 Å². The number of carbonyl (C=O) groups excluding carboxylic acids is 1. The molecule has 0 aliphatic rings. The molecule has 0 aromatic heterocycles. The van der Waals surface area contributed by atoms with Crippen molar-refractivity contribution in [2.24, 2.45) is 0 Å². The Hall–Kier alpha value is -1.22. The molecule has 1 amide bonds. The Bertz CT molecular complexity index is 694. The molecular formula is C13H8BrF2IN2O. The van der Waals surface area contributed by atoms with Gasteiger partial charge in [0.25, 0.3) is 5.91 Å². The number of nitrogens with one attached hydrogen (secondary N) is 1. The quantitative estimate of drug-likeness (QED) is 0.530. The van der Waals surface area contributed by atoms with Gasteiger partial charge in [0.15, 0.2) is 11.6 Å². The predicted octanol–water partition coefficient (Wildman–Crippen LogP) is 4.17. The summed E-state index contributed by atoms with van der Waals surface area (Å²) in [4.78, 5) is 12.1. The number of halogens is 4. The zero-order chi connectivity index (χ0) is 14.9. The predicted molar refractivity (Wildman–Crippen MR) is 85.6 cm³/mol. The van der Waals surface area contributed by atoms with Gasteiger partial charge in [-0.2, -0.15) is 0 Å². The zero-order valence-corrected chi connectivity index (χ0v) is 13.6. The van der Waals surface area contributed by atoms with E-state index < -0.39 is 17.5 Å². The van der Waals surface area contributed by atoms with Crippen molar-refractivity contribution in [1.82, 2.24) is 0 Å². The second-order valence-corrected chi connectivity index (χ2v) is 6.00. The molecule has 2 aromatic rings.